The van der Waals surface area contributed by atoms with Gasteiger partial charge in [0.1, 0.15) is 23.6 Å². The van der Waals surface area contributed by atoms with E-state index in [-0.39, 0.29) is 11.2 Å². The zero-order valence-corrected chi connectivity index (χ0v) is 15.3. The first kappa shape index (κ1) is 19.8. The van der Waals surface area contributed by atoms with Gasteiger partial charge in [-0.25, -0.2) is 4.79 Å². The number of carbonyl (C=O) groups excluding carboxylic acids is 1. The van der Waals surface area contributed by atoms with Crippen molar-refractivity contribution in [3.63, 3.8) is 0 Å². The van der Waals surface area contributed by atoms with Gasteiger partial charge in [0.2, 0.25) is 0 Å². The average Bonchev–Trinajstić information content (AvgIpc) is 2.44. The zero-order chi connectivity index (χ0) is 18.8. The lowest BCUT2D eigenvalue weighted by Gasteiger charge is -2.39. The molecule has 1 saturated carbocycles. The quantitative estimate of drug-likeness (QED) is 0.483. The lowest BCUT2D eigenvalue weighted by molar-refractivity contribution is -0.164. The number of aliphatic hydroxyl groups excluding tert-OH is 1. The first-order valence-electron chi connectivity index (χ1n) is 8.64. The number of nitrogens with zero attached hydrogens (tertiary/aromatic N) is 1. The average molecular weight is 353 g/mol. The molecule has 2 unspecified atom stereocenters. The van der Waals surface area contributed by atoms with Gasteiger partial charge in [0.25, 0.3) is 0 Å². The van der Waals surface area contributed by atoms with Crippen molar-refractivity contribution in [1.82, 2.24) is 4.90 Å². The molecule has 1 aliphatic carbocycles. The minimum atomic E-state index is -1.77. The summed E-state index contributed by atoms with van der Waals surface area (Å²) in [5.41, 5.74) is -0.566. The van der Waals surface area contributed by atoms with Crippen LogP contribution < -0.4 is 0 Å². The predicted molar refractivity (Wildman–Crippen MR) is 92.8 cm³/mol. The molecule has 0 saturated heterocycles. The molecular formula is C17H28BNO6. The van der Waals surface area contributed by atoms with Gasteiger partial charge in [-0.15, -0.1) is 0 Å². The van der Waals surface area contributed by atoms with Crippen LogP contribution in [0.1, 0.15) is 46.5 Å². The molecule has 0 bridgehead atoms. The van der Waals surface area contributed by atoms with Crippen LogP contribution in [0.3, 0.4) is 0 Å². The van der Waals surface area contributed by atoms with E-state index in [2.05, 4.69) is 0 Å². The lowest BCUT2D eigenvalue weighted by atomic mass is 9.76. The monoisotopic (exact) mass is 353 g/mol. The minimum Gasteiger partial charge on any atom is -0.496 e. The van der Waals surface area contributed by atoms with E-state index in [1.165, 1.54) is 24.3 Å². The second-order valence-corrected chi connectivity index (χ2v) is 7.64. The highest BCUT2D eigenvalue weighted by Crippen LogP contribution is 2.34. The molecule has 25 heavy (non-hydrogen) atoms. The fourth-order valence-corrected chi connectivity index (χ4v) is 3.03. The Bertz CT molecular complexity index is 550. The summed E-state index contributed by atoms with van der Waals surface area (Å²) in [6.45, 7) is 5.40. The van der Waals surface area contributed by atoms with Crippen molar-refractivity contribution in [2.45, 2.75) is 64.3 Å². The van der Waals surface area contributed by atoms with Crippen LogP contribution in [-0.2, 0) is 14.3 Å². The Hall–Kier alpha value is -1.51. The molecule has 1 aliphatic heterocycles. The molecule has 7 nitrogen and oxygen atoms in total. The molecular weight excluding hydrogens is 325 g/mol. The standard InChI is InChI=1S/C17H28BNO6/c1-17(2,3)25-16(21)13(8-11-6-5-7-11)19-10-14(24-4)12(18(22)23)9-15(19)20/h9-11,13,15,20,22-23H,5-8H2,1-4H3. The van der Waals surface area contributed by atoms with Crippen molar-refractivity contribution in [3.05, 3.63) is 23.5 Å². The molecule has 2 aliphatic rings. The van der Waals surface area contributed by atoms with Gasteiger partial charge in [-0.2, -0.15) is 0 Å². The van der Waals surface area contributed by atoms with Crippen molar-refractivity contribution in [3.8, 4) is 0 Å². The summed E-state index contributed by atoms with van der Waals surface area (Å²) in [7, 11) is -0.374. The number of ether oxygens (including phenoxy) is 2. The van der Waals surface area contributed by atoms with Crippen LogP contribution in [0.25, 0.3) is 0 Å². The van der Waals surface area contributed by atoms with Crippen LogP contribution in [0.15, 0.2) is 23.5 Å². The fraction of sp³-hybridized carbons (Fsp3) is 0.706. The Morgan fingerprint density at radius 1 is 1.40 bits per heavy atom. The van der Waals surface area contributed by atoms with E-state index in [0.29, 0.717) is 12.3 Å². The van der Waals surface area contributed by atoms with E-state index < -0.39 is 31.0 Å². The van der Waals surface area contributed by atoms with Gasteiger partial charge >= 0.3 is 13.1 Å². The van der Waals surface area contributed by atoms with Crippen LogP contribution in [0.2, 0.25) is 0 Å². The molecule has 140 valence electrons. The maximum Gasteiger partial charge on any atom is 0.492 e. The Labute approximate surface area is 149 Å². The highest BCUT2D eigenvalue weighted by molar-refractivity contribution is 6.52. The first-order valence-corrected chi connectivity index (χ1v) is 8.64. The summed E-state index contributed by atoms with van der Waals surface area (Å²) in [5.74, 6) is 0.201. The van der Waals surface area contributed by atoms with E-state index in [4.69, 9.17) is 9.47 Å². The van der Waals surface area contributed by atoms with E-state index in [0.717, 1.165) is 19.3 Å². The summed E-state index contributed by atoms with van der Waals surface area (Å²) < 4.78 is 10.7. The number of methoxy groups -OCH3 is 1. The van der Waals surface area contributed by atoms with Crippen molar-refractivity contribution in [2.24, 2.45) is 5.92 Å². The summed E-state index contributed by atoms with van der Waals surface area (Å²) in [5, 5.41) is 29.3. The maximum atomic E-state index is 12.7. The highest BCUT2D eigenvalue weighted by Gasteiger charge is 2.38. The first-order chi connectivity index (χ1) is 11.6. The number of allylic oxidation sites excluding steroid dienone is 1. The number of hydrogen-bond donors (Lipinski definition) is 3. The minimum absolute atomic E-state index is 0.0674. The lowest BCUT2D eigenvalue weighted by Crippen LogP contribution is -2.49. The normalized spacial score (nSPS) is 22.5. The molecule has 2 atom stereocenters. The maximum absolute atomic E-state index is 12.7. The molecule has 0 aromatic heterocycles. The molecule has 8 heteroatoms. The number of rotatable bonds is 6. The van der Waals surface area contributed by atoms with E-state index in [1.54, 1.807) is 20.8 Å². The van der Waals surface area contributed by atoms with Crippen LogP contribution in [0, 0.1) is 5.92 Å². The number of aliphatic hydroxyl groups is 1. The summed E-state index contributed by atoms with van der Waals surface area (Å²) in [4.78, 5) is 14.2. The van der Waals surface area contributed by atoms with Crippen LogP contribution >= 0.6 is 0 Å². The predicted octanol–water partition coefficient (Wildman–Crippen LogP) is 0.947. The number of carbonyl (C=O) groups is 1. The molecule has 1 heterocycles. The molecule has 2 rings (SSSR count). The Kier molecular flexibility index (Phi) is 6.19. The van der Waals surface area contributed by atoms with Gasteiger partial charge in [0.15, 0.2) is 0 Å². The van der Waals surface area contributed by atoms with Crippen LogP contribution in [0.4, 0.5) is 0 Å². The second-order valence-electron chi connectivity index (χ2n) is 7.64. The Morgan fingerprint density at radius 3 is 2.48 bits per heavy atom. The van der Waals surface area contributed by atoms with E-state index in [1.807, 2.05) is 0 Å². The summed E-state index contributed by atoms with van der Waals surface area (Å²) >= 11 is 0. The molecule has 0 aromatic rings. The highest BCUT2D eigenvalue weighted by atomic mass is 16.6. The van der Waals surface area contributed by atoms with E-state index in [9.17, 15) is 19.9 Å². The number of esters is 1. The molecule has 1 fully saturated rings. The molecule has 0 amide bonds. The summed E-state index contributed by atoms with van der Waals surface area (Å²) in [6.07, 6.45) is 5.39. The SMILES string of the molecule is COC1=CN(C(CC2CCC2)C(=O)OC(C)(C)C)C(O)C=C1B(O)O. The third-order valence-electron chi connectivity index (χ3n) is 4.50. The van der Waals surface area contributed by atoms with Gasteiger partial charge in [-0.05, 0) is 39.2 Å². The van der Waals surface area contributed by atoms with Gasteiger partial charge < -0.3 is 29.5 Å². The van der Waals surface area contributed by atoms with Crippen molar-refractivity contribution in [2.75, 3.05) is 7.11 Å². The molecule has 0 aromatic carbocycles. The molecule has 0 spiro atoms. The molecule has 0 radical (unpaired) electrons. The summed E-state index contributed by atoms with van der Waals surface area (Å²) in [6, 6.07) is -0.668. The topological polar surface area (TPSA) is 99.5 Å². The molecule has 3 N–H and O–H groups in total. The van der Waals surface area contributed by atoms with Gasteiger partial charge in [-0.3, -0.25) is 0 Å². The van der Waals surface area contributed by atoms with Crippen molar-refractivity contribution >= 4 is 13.1 Å². The van der Waals surface area contributed by atoms with Gasteiger partial charge in [0.05, 0.1) is 7.11 Å². The smallest absolute Gasteiger partial charge is 0.492 e. The van der Waals surface area contributed by atoms with Crippen molar-refractivity contribution < 1.29 is 29.4 Å². The largest absolute Gasteiger partial charge is 0.496 e. The van der Waals surface area contributed by atoms with Gasteiger partial charge in [-0.1, -0.05) is 19.3 Å². The zero-order valence-electron chi connectivity index (χ0n) is 15.3. The van der Waals surface area contributed by atoms with Crippen LogP contribution in [0.5, 0.6) is 0 Å². The third kappa shape index (κ3) is 4.99. The Balaban J connectivity index is 2.26. The fourth-order valence-electron chi connectivity index (χ4n) is 3.03. The Morgan fingerprint density at radius 2 is 2.04 bits per heavy atom. The van der Waals surface area contributed by atoms with Crippen LogP contribution in [-0.4, -0.2) is 58.1 Å². The van der Waals surface area contributed by atoms with E-state index >= 15 is 0 Å². The second kappa shape index (κ2) is 7.80. The van der Waals surface area contributed by atoms with Crippen molar-refractivity contribution in [1.29, 1.82) is 0 Å². The third-order valence-corrected chi connectivity index (χ3v) is 4.50. The van der Waals surface area contributed by atoms with Gasteiger partial charge in [0, 0.05) is 11.7 Å². The number of hydrogen-bond acceptors (Lipinski definition) is 7.